The van der Waals surface area contributed by atoms with E-state index >= 15 is 0 Å². The molecule has 9 aromatic carbocycles. The smallest absolute Gasteiger partial charge is 0.0640 e. The lowest BCUT2D eigenvalue weighted by Crippen LogP contribution is -2.10. The Bertz CT molecular complexity index is 2880. The van der Waals surface area contributed by atoms with Crippen LogP contribution >= 0.6 is 11.3 Å². The summed E-state index contributed by atoms with van der Waals surface area (Å²) >= 11 is 1.87. The molecule has 1 nitrogen and oxygen atoms in total. The average molecular weight is 654 g/mol. The molecule has 0 unspecified atom stereocenters. The van der Waals surface area contributed by atoms with Crippen LogP contribution in [0.25, 0.3) is 74.7 Å². The van der Waals surface area contributed by atoms with Crippen LogP contribution in [0.2, 0.25) is 0 Å². The first-order valence-corrected chi connectivity index (χ1v) is 17.9. The maximum atomic E-state index is 2.44. The van der Waals surface area contributed by atoms with Crippen molar-refractivity contribution in [3.8, 4) is 22.3 Å². The number of anilines is 3. The van der Waals surface area contributed by atoms with Crippen molar-refractivity contribution >= 4 is 80.9 Å². The largest absolute Gasteiger partial charge is 0.309 e. The molecule has 50 heavy (non-hydrogen) atoms. The molecule has 10 aromatic rings. The minimum absolute atomic E-state index is 1.12. The van der Waals surface area contributed by atoms with Gasteiger partial charge in [-0.05, 0) is 103 Å². The number of hydrogen-bond donors (Lipinski definition) is 0. The van der Waals surface area contributed by atoms with E-state index in [9.17, 15) is 0 Å². The van der Waals surface area contributed by atoms with E-state index in [0.29, 0.717) is 0 Å². The van der Waals surface area contributed by atoms with Gasteiger partial charge in [0.15, 0.2) is 0 Å². The van der Waals surface area contributed by atoms with Gasteiger partial charge in [-0.3, -0.25) is 0 Å². The van der Waals surface area contributed by atoms with Crippen LogP contribution in [0.1, 0.15) is 0 Å². The molecule has 0 saturated carbocycles. The van der Waals surface area contributed by atoms with Gasteiger partial charge in [0.1, 0.15) is 0 Å². The molecular formula is C48H31NS. The molecule has 0 N–H and O–H groups in total. The molecule has 0 amide bonds. The minimum atomic E-state index is 1.12. The van der Waals surface area contributed by atoms with Crippen LogP contribution in [0.3, 0.4) is 0 Å². The van der Waals surface area contributed by atoms with Gasteiger partial charge in [-0.1, -0.05) is 140 Å². The summed E-state index contributed by atoms with van der Waals surface area (Å²) in [5, 5.41) is 10.2. The first-order valence-electron chi connectivity index (χ1n) is 17.1. The second kappa shape index (κ2) is 11.7. The molecule has 0 bridgehead atoms. The van der Waals surface area contributed by atoms with E-state index in [4.69, 9.17) is 0 Å². The normalized spacial score (nSPS) is 11.6. The molecule has 0 aliphatic heterocycles. The highest BCUT2D eigenvalue weighted by molar-refractivity contribution is 7.26. The Morgan fingerprint density at radius 3 is 1.84 bits per heavy atom. The van der Waals surface area contributed by atoms with Gasteiger partial charge in [-0.15, -0.1) is 11.3 Å². The summed E-state index contributed by atoms with van der Waals surface area (Å²) in [6.07, 6.45) is 0. The van der Waals surface area contributed by atoms with Crippen LogP contribution in [0.4, 0.5) is 17.1 Å². The quantitative estimate of drug-likeness (QED) is 0.167. The fraction of sp³-hybridized carbons (Fsp3) is 0. The molecule has 1 aromatic heterocycles. The van der Waals surface area contributed by atoms with Gasteiger partial charge >= 0.3 is 0 Å². The third kappa shape index (κ3) is 4.76. The lowest BCUT2D eigenvalue weighted by atomic mass is 9.93. The molecule has 0 aliphatic carbocycles. The molecule has 0 radical (unpaired) electrons. The van der Waals surface area contributed by atoms with Gasteiger partial charge in [0.2, 0.25) is 0 Å². The van der Waals surface area contributed by atoms with Crippen molar-refractivity contribution in [2.45, 2.75) is 0 Å². The van der Waals surface area contributed by atoms with Crippen molar-refractivity contribution < 1.29 is 0 Å². The fourth-order valence-corrected chi connectivity index (χ4v) is 8.82. The van der Waals surface area contributed by atoms with E-state index in [1.807, 2.05) is 11.3 Å². The van der Waals surface area contributed by atoms with E-state index in [0.717, 1.165) is 11.4 Å². The van der Waals surface area contributed by atoms with Crippen molar-refractivity contribution in [3.63, 3.8) is 0 Å². The topological polar surface area (TPSA) is 3.24 Å². The highest BCUT2D eigenvalue weighted by Gasteiger charge is 2.19. The Morgan fingerprint density at radius 2 is 0.980 bits per heavy atom. The Labute approximate surface area is 294 Å². The predicted molar refractivity (Wildman–Crippen MR) is 217 cm³/mol. The van der Waals surface area contributed by atoms with Gasteiger partial charge in [0.05, 0.1) is 10.4 Å². The van der Waals surface area contributed by atoms with Crippen LogP contribution < -0.4 is 4.90 Å². The van der Waals surface area contributed by atoms with Gasteiger partial charge in [0.25, 0.3) is 0 Å². The summed E-state index contributed by atoms with van der Waals surface area (Å²) in [6.45, 7) is 0. The highest BCUT2D eigenvalue weighted by atomic mass is 32.1. The minimum Gasteiger partial charge on any atom is -0.309 e. The second-order valence-corrected chi connectivity index (χ2v) is 14.0. The van der Waals surface area contributed by atoms with Crippen LogP contribution in [0.5, 0.6) is 0 Å². The molecule has 0 atom stereocenters. The molecule has 0 fully saturated rings. The number of hydrogen-bond acceptors (Lipinski definition) is 2. The van der Waals surface area contributed by atoms with Crippen LogP contribution in [-0.4, -0.2) is 0 Å². The monoisotopic (exact) mass is 653 g/mol. The van der Waals surface area contributed by atoms with E-state index < -0.39 is 0 Å². The van der Waals surface area contributed by atoms with Crippen molar-refractivity contribution in [1.82, 2.24) is 0 Å². The van der Waals surface area contributed by atoms with E-state index in [2.05, 4.69) is 193 Å². The van der Waals surface area contributed by atoms with Crippen LogP contribution in [0, 0.1) is 0 Å². The zero-order chi connectivity index (χ0) is 33.0. The zero-order valence-electron chi connectivity index (χ0n) is 27.3. The molecule has 1 heterocycles. The maximum absolute atomic E-state index is 2.44. The number of thiophene rings is 1. The summed E-state index contributed by atoms with van der Waals surface area (Å²) in [6, 6.07) is 68.8. The second-order valence-electron chi connectivity index (χ2n) is 12.9. The molecule has 234 valence electrons. The lowest BCUT2D eigenvalue weighted by molar-refractivity contribution is 1.30. The van der Waals surface area contributed by atoms with Gasteiger partial charge in [0, 0.05) is 26.8 Å². The summed E-state index contributed by atoms with van der Waals surface area (Å²) in [4.78, 5) is 2.44. The van der Waals surface area contributed by atoms with Gasteiger partial charge in [-0.2, -0.15) is 0 Å². The third-order valence-electron chi connectivity index (χ3n) is 10.0. The Morgan fingerprint density at radius 1 is 0.340 bits per heavy atom. The van der Waals surface area contributed by atoms with Gasteiger partial charge < -0.3 is 4.90 Å². The summed E-state index contributed by atoms with van der Waals surface area (Å²) in [5.74, 6) is 0. The Hall–Kier alpha value is -6.22. The molecule has 0 saturated heterocycles. The van der Waals surface area contributed by atoms with E-state index in [1.165, 1.54) is 80.4 Å². The fourth-order valence-electron chi connectivity index (χ4n) is 7.61. The van der Waals surface area contributed by atoms with E-state index in [-0.39, 0.29) is 0 Å². The summed E-state index contributed by atoms with van der Waals surface area (Å²) in [5.41, 5.74) is 8.31. The number of fused-ring (bicyclic) bond motifs is 7. The van der Waals surface area contributed by atoms with E-state index in [1.54, 1.807) is 0 Å². The van der Waals surface area contributed by atoms with Crippen molar-refractivity contribution in [1.29, 1.82) is 0 Å². The van der Waals surface area contributed by atoms with Crippen LogP contribution in [0.15, 0.2) is 188 Å². The van der Waals surface area contributed by atoms with Crippen molar-refractivity contribution in [2.24, 2.45) is 0 Å². The van der Waals surface area contributed by atoms with Crippen molar-refractivity contribution in [2.75, 3.05) is 4.90 Å². The number of nitrogens with zero attached hydrogens (tertiary/aromatic N) is 1. The van der Waals surface area contributed by atoms with Crippen LogP contribution in [-0.2, 0) is 0 Å². The molecule has 10 rings (SSSR count). The Kier molecular flexibility index (Phi) is 6.75. The number of benzene rings is 9. The van der Waals surface area contributed by atoms with Crippen molar-refractivity contribution in [3.05, 3.63) is 188 Å². The van der Waals surface area contributed by atoms with Gasteiger partial charge in [-0.25, -0.2) is 0 Å². The molecule has 2 heteroatoms. The molecule has 0 spiro atoms. The summed E-state index contributed by atoms with van der Waals surface area (Å²) in [7, 11) is 0. The highest BCUT2D eigenvalue weighted by Crippen LogP contribution is 2.46. The molecule has 0 aliphatic rings. The molecular weight excluding hydrogens is 623 g/mol. The third-order valence-corrected chi connectivity index (χ3v) is 11.2. The maximum Gasteiger partial charge on any atom is 0.0640 e. The zero-order valence-corrected chi connectivity index (χ0v) is 28.1. The first kappa shape index (κ1) is 28.8. The summed E-state index contributed by atoms with van der Waals surface area (Å²) < 4.78 is 2.59. The SMILES string of the molecule is c1cc(-c2ccc3ccccc3c2)cc(N(c2ccc(-c3cc4ccccc4c4ccccc34)cc2)c2cccc3c2sc2ccccc23)c1. The lowest BCUT2D eigenvalue weighted by Gasteiger charge is -2.27. The average Bonchev–Trinajstić information content (AvgIpc) is 3.58. The number of rotatable bonds is 5. The first-order chi connectivity index (χ1) is 24.8. The Balaban J connectivity index is 1.15. The standard InChI is InChI=1S/C48H31NS/c1-2-12-34-29-36(24-23-32(34)11-1)35-14-9-15-39(30-35)49(46-21-10-20-44-43-19-7-8-22-47(43)50-48(44)46)38-27-25-33(26-28-38)45-31-37-13-3-4-16-40(37)41-17-5-6-18-42(41)45/h1-31H. The predicted octanol–water partition coefficient (Wildman–Crippen LogP) is 14.3.